The third-order valence-electron chi connectivity index (χ3n) is 6.68. The molecular formula is C31H41N3O4. The van der Waals surface area contributed by atoms with Gasteiger partial charge in [-0.25, -0.2) is 4.79 Å². The molecule has 0 radical (unpaired) electrons. The van der Waals surface area contributed by atoms with E-state index in [1.807, 2.05) is 69.3 Å². The molecule has 0 saturated heterocycles. The van der Waals surface area contributed by atoms with E-state index in [1.54, 1.807) is 31.7 Å². The standard InChI is InChI=1S/C31H41N3O4/c1-9-22-14-12-15-23(18-22)27(28(35)32-24-16-11-10-13-20(24)4)34(25-17-21(25)5)29(36)26(19(2)3)33-30(37)38-31(6,7)8/h9-16,18-19,21,25-27H,1,17H2,2-8H3,(H,32,35)(H,33,37). The SMILES string of the molecule is C=Cc1cccc(C(C(=O)Nc2ccccc2C)N(C(=O)C(NC(=O)OC(C)(C)C)C(C)C)C2CC2C)c1. The van der Waals surface area contributed by atoms with Crippen molar-refractivity contribution in [2.75, 3.05) is 5.32 Å². The molecule has 2 N–H and O–H groups in total. The van der Waals surface area contributed by atoms with Crippen LogP contribution in [-0.2, 0) is 14.3 Å². The molecule has 0 heterocycles. The first-order chi connectivity index (χ1) is 17.8. The van der Waals surface area contributed by atoms with E-state index in [-0.39, 0.29) is 29.7 Å². The van der Waals surface area contributed by atoms with Gasteiger partial charge in [0.05, 0.1) is 0 Å². The smallest absolute Gasteiger partial charge is 0.408 e. The summed E-state index contributed by atoms with van der Waals surface area (Å²) >= 11 is 0. The van der Waals surface area contributed by atoms with Crippen LogP contribution < -0.4 is 10.6 Å². The van der Waals surface area contributed by atoms with Crippen LogP contribution in [0.15, 0.2) is 55.1 Å². The van der Waals surface area contributed by atoms with Crippen molar-refractivity contribution in [1.82, 2.24) is 10.2 Å². The molecule has 4 atom stereocenters. The second kappa shape index (κ2) is 11.8. The van der Waals surface area contributed by atoms with Gasteiger partial charge in [0, 0.05) is 11.7 Å². The molecular weight excluding hydrogens is 478 g/mol. The molecule has 1 aliphatic rings. The van der Waals surface area contributed by atoms with Crippen molar-refractivity contribution in [2.45, 2.75) is 78.6 Å². The molecule has 204 valence electrons. The van der Waals surface area contributed by atoms with E-state index in [9.17, 15) is 14.4 Å². The van der Waals surface area contributed by atoms with Crippen molar-refractivity contribution >= 4 is 29.7 Å². The zero-order chi connectivity index (χ0) is 28.2. The van der Waals surface area contributed by atoms with Crippen LogP contribution in [0, 0.1) is 18.8 Å². The van der Waals surface area contributed by atoms with Gasteiger partial charge in [0.2, 0.25) is 5.91 Å². The zero-order valence-corrected chi connectivity index (χ0v) is 23.6. The van der Waals surface area contributed by atoms with Crippen LogP contribution in [0.4, 0.5) is 10.5 Å². The van der Waals surface area contributed by atoms with Gasteiger partial charge >= 0.3 is 6.09 Å². The van der Waals surface area contributed by atoms with Gasteiger partial charge in [-0.15, -0.1) is 0 Å². The molecule has 4 unspecified atom stereocenters. The van der Waals surface area contributed by atoms with Crippen LogP contribution in [0.2, 0.25) is 0 Å². The van der Waals surface area contributed by atoms with Crippen molar-refractivity contribution in [3.05, 3.63) is 71.8 Å². The van der Waals surface area contributed by atoms with Gasteiger partial charge in [0.25, 0.3) is 5.91 Å². The van der Waals surface area contributed by atoms with E-state index in [0.717, 1.165) is 17.5 Å². The summed E-state index contributed by atoms with van der Waals surface area (Å²) in [4.78, 5) is 42.6. The molecule has 3 rings (SSSR count). The minimum atomic E-state index is -0.904. The number of nitrogens with one attached hydrogen (secondary N) is 2. The Kier molecular flexibility index (Phi) is 9.02. The molecule has 1 aliphatic carbocycles. The topological polar surface area (TPSA) is 87.7 Å². The number of nitrogens with zero attached hydrogens (tertiary/aromatic N) is 1. The van der Waals surface area contributed by atoms with Gasteiger partial charge in [-0.2, -0.15) is 0 Å². The first kappa shape index (κ1) is 29.0. The Morgan fingerprint density at radius 2 is 1.76 bits per heavy atom. The molecule has 38 heavy (non-hydrogen) atoms. The molecule has 3 amide bonds. The van der Waals surface area contributed by atoms with Gasteiger partial charge in [0.15, 0.2) is 0 Å². The number of hydrogen-bond donors (Lipinski definition) is 2. The fourth-order valence-electron chi connectivity index (χ4n) is 4.49. The molecule has 0 bridgehead atoms. The molecule has 7 nitrogen and oxygen atoms in total. The Hall–Kier alpha value is -3.61. The second-order valence-corrected chi connectivity index (χ2v) is 11.5. The van der Waals surface area contributed by atoms with Crippen LogP contribution >= 0.6 is 0 Å². The predicted molar refractivity (Wildman–Crippen MR) is 151 cm³/mol. The average molecular weight is 520 g/mol. The van der Waals surface area contributed by atoms with E-state index in [4.69, 9.17) is 4.74 Å². The van der Waals surface area contributed by atoms with Gasteiger partial charge < -0.3 is 20.3 Å². The number of para-hydroxylation sites is 1. The summed E-state index contributed by atoms with van der Waals surface area (Å²) in [5.74, 6) is -0.627. The Labute approximate surface area is 226 Å². The normalized spacial score (nSPS) is 18.2. The molecule has 0 aromatic heterocycles. The number of carbonyl (C=O) groups is 3. The monoisotopic (exact) mass is 519 g/mol. The van der Waals surface area contributed by atoms with Crippen molar-refractivity contribution in [3.8, 4) is 0 Å². The van der Waals surface area contributed by atoms with Gasteiger partial charge in [-0.1, -0.05) is 69.8 Å². The highest BCUT2D eigenvalue weighted by molar-refractivity contribution is 5.99. The predicted octanol–water partition coefficient (Wildman–Crippen LogP) is 6.10. The molecule has 1 saturated carbocycles. The molecule has 7 heteroatoms. The summed E-state index contributed by atoms with van der Waals surface area (Å²) < 4.78 is 5.45. The first-order valence-electron chi connectivity index (χ1n) is 13.2. The van der Waals surface area contributed by atoms with Crippen molar-refractivity contribution < 1.29 is 19.1 Å². The lowest BCUT2D eigenvalue weighted by molar-refractivity contribution is -0.142. The highest BCUT2D eigenvalue weighted by Gasteiger charge is 2.48. The van der Waals surface area contributed by atoms with Crippen LogP contribution in [0.25, 0.3) is 6.08 Å². The fourth-order valence-corrected chi connectivity index (χ4v) is 4.49. The van der Waals surface area contributed by atoms with Crippen LogP contribution in [0.1, 0.15) is 70.7 Å². The summed E-state index contributed by atoms with van der Waals surface area (Å²) in [7, 11) is 0. The largest absolute Gasteiger partial charge is 0.444 e. The summed E-state index contributed by atoms with van der Waals surface area (Å²) in [5, 5.41) is 5.83. The van der Waals surface area contributed by atoms with E-state index in [2.05, 4.69) is 24.1 Å². The number of rotatable bonds is 9. The van der Waals surface area contributed by atoms with Crippen molar-refractivity contribution in [3.63, 3.8) is 0 Å². The number of anilines is 1. The molecule has 2 aromatic carbocycles. The van der Waals surface area contributed by atoms with E-state index in [0.29, 0.717) is 11.3 Å². The first-order valence-corrected chi connectivity index (χ1v) is 13.2. The number of alkyl carbamates (subject to hydrolysis) is 1. The summed E-state index contributed by atoms with van der Waals surface area (Å²) in [6.45, 7) is 16.9. The van der Waals surface area contributed by atoms with Crippen molar-refractivity contribution in [2.24, 2.45) is 11.8 Å². The Bertz CT molecular complexity index is 1180. The van der Waals surface area contributed by atoms with Crippen LogP contribution in [-0.4, -0.2) is 40.5 Å². The van der Waals surface area contributed by atoms with E-state index >= 15 is 0 Å². The van der Waals surface area contributed by atoms with Gasteiger partial charge in [-0.3, -0.25) is 9.59 Å². The second-order valence-electron chi connectivity index (χ2n) is 11.5. The van der Waals surface area contributed by atoms with Crippen LogP contribution in [0.3, 0.4) is 0 Å². The summed E-state index contributed by atoms with van der Waals surface area (Å²) in [6.07, 6.45) is 1.83. The minimum Gasteiger partial charge on any atom is -0.444 e. The zero-order valence-electron chi connectivity index (χ0n) is 23.6. The third-order valence-corrected chi connectivity index (χ3v) is 6.68. The maximum absolute atomic E-state index is 14.3. The summed E-state index contributed by atoms with van der Waals surface area (Å²) in [6, 6.07) is 13.1. The molecule has 1 fully saturated rings. The minimum absolute atomic E-state index is 0.135. The molecule has 2 aromatic rings. The lowest BCUT2D eigenvalue weighted by Crippen LogP contribution is -2.55. The number of aryl methyl sites for hydroxylation is 1. The highest BCUT2D eigenvalue weighted by atomic mass is 16.6. The number of amides is 3. The lowest BCUT2D eigenvalue weighted by atomic mass is 9.97. The maximum atomic E-state index is 14.3. The maximum Gasteiger partial charge on any atom is 0.408 e. The molecule has 0 spiro atoms. The average Bonchev–Trinajstić information content (AvgIpc) is 3.56. The van der Waals surface area contributed by atoms with Crippen molar-refractivity contribution in [1.29, 1.82) is 0 Å². The van der Waals surface area contributed by atoms with Gasteiger partial charge in [-0.05, 0) is 74.8 Å². The number of ether oxygens (including phenoxy) is 1. The highest BCUT2D eigenvalue weighted by Crippen LogP contribution is 2.41. The number of hydrogen-bond acceptors (Lipinski definition) is 4. The van der Waals surface area contributed by atoms with Crippen LogP contribution in [0.5, 0.6) is 0 Å². The Morgan fingerprint density at radius 1 is 1.11 bits per heavy atom. The summed E-state index contributed by atoms with van der Waals surface area (Å²) in [5.41, 5.74) is 2.43. The van der Waals surface area contributed by atoms with Gasteiger partial charge in [0.1, 0.15) is 17.7 Å². The fraction of sp³-hybridized carbons (Fsp3) is 0.452. The quantitative estimate of drug-likeness (QED) is 0.419. The van der Waals surface area contributed by atoms with E-state index in [1.165, 1.54) is 0 Å². The number of benzene rings is 2. The number of carbonyl (C=O) groups excluding carboxylic acids is 3. The molecule has 0 aliphatic heterocycles. The Morgan fingerprint density at radius 3 is 2.32 bits per heavy atom. The van der Waals surface area contributed by atoms with E-state index < -0.39 is 23.8 Å². The lowest BCUT2D eigenvalue weighted by Gasteiger charge is -2.36. The Balaban J connectivity index is 2.05. The third kappa shape index (κ3) is 7.24.